The molecule has 5 nitrogen and oxygen atoms in total. The van der Waals surface area contributed by atoms with Crippen LogP contribution in [0.25, 0.3) is 0 Å². The predicted molar refractivity (Wildman–Crippen MR) is 109 cm³/mol. The monoisotopic (exact) mass is 506 g/mol. The van der Waals surface area contributed by atoms with E-state index in [2.05, 4.69) is 15.6 Å². The van der Waals surface area contributed by atoms with Gasteiger partial charge in [0.1, 0.15) is 17.7 Å². The lowest BCUT2D eigenvalue weighted by Gasteiger charge is -2.20. The van der Waals surface area contributed by atoms with Gasteiger partial charge in [-0.05, 0) is 39.1 Å². The van der Waals surface area contributed by atoms with Gasteiger partial charge in [-0.2, -0.15) is 13.2 Å². The van der Waals surface area contributed by atoms with Crippen molar-refractivity contribution in [3.8, 4) is 5.75 Å². The van der Waals surface area contributed by atoms with Gasteiger partial charge in [0.2, 0.25) is 0 Å². The molecule has 156 valence electrons. The van der Waals surface area contributed by atoms with E-state index in [1.54, 1.807) is 19.2 Å². The largest absolute Gasteiger partial charge is 0.489 e. The molecule has 0 bridgehead atoms. The Balaban J connectivity index is 0.00000676. The molecule has 0 aromatic heterocycles. The highest BCUT2D eigenvalue weighted by Crippen LogP contribution is 2.15. The molecule has 0 saturated carbocycles. The van der Waals surface area contributed by atoms with Crippen molar-refractivity contribution in [1.29, 1.82) is 0 Å². The van der Waals surface area contributed by atoms with Gasteiger partial charge in [0.25, 0.3) is 0 Å². The van der Waals surface area contributed by atoms with Gasteiger partial charge >= 0.3 is 6.18 Å². The van der Waals surface area contributed by atoms with Crippen molar-refractivity contribution >= 4 is 29.9 Å². The van der Waals surface area contributed by atoms with Gasteiger partial charge in [-0.1, -0.05) is 6.07 Å². The number of ether oxygens (including phenoxy) is 1. The molecular formula is C17H27F4IN4O. The minimum Gasteiger partial charge on any atom is -0.489 e. The van der Waals surface area contributed by atoms with Crippen LogP contribution in [-0.2, 0) is 0 Å². The van der Waals surface area contributed by atoms with Crippen LogP contribution in [0.2, 0.25) is 0 Å². The smallest absolute Gasteiger partial charge is 0.401 e. The second-order valence-electron chi connectivity index (χ2n) is 5.97. The summed E-state index contributed by atoms with van der Waals surface area (Å²) in [6.07, 6.45) is -3.87. The molecule has 1 aromatic carbocycles. The number of alkyl halides is 3. The van der Waals surface area contributed by atoms with Crippen LogP contribution in [0, 0.1) is 5.82 Å². The Bertz CT molecular complexity index is 572. The molecule has 0 fully saturated rings. The van der Waals surface area contributed by atoms with Crippen molar-refractivity contribution < 1.29 is 22.3 Å². The highest BCUT2D eigenvalue weighted by atomic mass is 127. The first-order valence-corrected chi connectivity index (χ1v) is 8.31. The molecule has 1 atom stereocenters. The lowest BCUT2D eigenvalue weighted by atomic mass is 10.3. The maximum Gasteiger partial charge on any atom is 0.401 e. The fraction of sp³-hybridized carbons (Fsp3) is 0.588. The molecule has 0 aliphatic heterocycles. The third kappa shape index (κ3) is 12.7. The van der Waals surface area contributed by atoms with Gasteiger partial charge in [-0.25, -0.2) is 4.39 Å². The standard InChI is InChI=1S/C17H26F4N4O.HI/c1-13(26-15-7-4-6-14(18)10-15)11-24-16(22-2)23-8-5-9-25(3)12-17(19,20)21;/h4,6-7,10,13H,5,8-9,11-12H2,1-3H3,(H2,22,23,24);1H. The summed E-state index contributed by atoms with van der Waals surface area (Å²) in [5, 5.41) is 6.09. The molecule has 1 unspecified atom stereocenters. The number of benzene rings is 1. The van der Waals surface area contributed by atoms with Crippen molar-refractivity contribution in [3.63, 3.8) is 0 Å². The van der Waals surface area contributed by atoms with Gasteiger partial charge in [-0.3, -0.25) is 9.89 Å². The summed E-state index contributed by atoms with van der Waals surface area (Å²) in [5.41, 5.74) is 0. The third-order valence-corrected chi connectivity index (χ3v) is 3.37. The van der Waals surface area contributed by atoms with Crippen LogP contribution in [0.15, 0.2) is 29.3 Å². The van der Waals surface area contributed by atoms with E-state index in [1.807, 2.05) is 6.92 Å². The van der Waals surface area contributed by atoms with Crippen molar-refractivity contribution in [2.75, 3.05) is 40.3 Å². The van der Waals surface area contributed by atoms with E-state index in [4.69, 9.17) is 4.74 Å². The second-order valence-corrected chi connectivity index (χ2v) is 5.97. The van der Waals surface area contributed by atoms with Crippen molar-refractivity contribution in [3.05, 3.63) is 30.1 Å². The highest BCUT2D eigenvalue weighted by molar-refractivity contribution is 14.0. The molecule has 1 aromatic rings. The molecule has 0 radical (unpaired) electrons. The zero-order valence-corrected chi connectivity index (χ0v) is 18.0. The molecule has 0 spiro atoms. The number of aliphatic imine (C=N–C) groups is 1. The number of rotatable bonds is 9. The van der Waals surface area contributed by atoms with Crippen LogP contribution in [0.5, 0.6) is 5.75 Å². The number of halogens is 5. The average Bonchev–Trinajstić information content (AvgIpc) is 2.52. The molecule has 10 heteroatoms. The summed E-state index contributed by atoms with van der Waals surface area (Å²) in [4.78, 5) is 5.27. The van der Waals surface area contributed by atoms with Crippen LogP contribution in [-0.4, -0.2) is 63.4 Å². The zero-order valence-electron chi connectivity index (χ0n) is 15.6. The predicted octanol–water partition coefficient (Wildman–Crippen LogP) is 3.26. The lowest BCUT2D eigenvalue weighted by molar-refractivity contribution is -0.143. The Hall–Kier alpha value is -1.30. The molecule has 1 rings (SSSR count). The summed E-state index contributed by atoms with van der Waals surface area (Å²) < 4.78 is 55.4. The fourth-order valence-corrected chi connectivity index (χ4v) is 2.22. The second kappa shape index (κ2) is 13.0. The Labute approximate surface area is 174 Å². The van der Waals surface area contributed by atoms with Crippen molar-refractivity contribution in [2.24, 2.45) is 4.99 Å². The summed E-state index contributed by atoms with van der Waals surface area (Å²) in [6.45, 7) is 2.15. The molecule has 0 aliphatic rings. The minimum absolute atomic E-state index is 0. The minimum atomic E-state index is -4.18. The fourth-order valence-electron chi connectivity index (χ4n) is 2.22. The first kappa shape index (κ1) is 25.7. The molecule has 0 aliphatic carbocycles. The molecule has 0 amide bonds. The quantitative estimate of drug-likeness (QED) is 0.178. The van der Waals surface area contributed by atoms with Crippen LogP contribution < -0.4 is 15.4 Å². The summed E-state index contributed by atoms with van der Waals surface area (Å²) >= 11 is 0. The summed E-state index contributed by atoms with van der Waals surface area (Å²) in [7, 11) is 3.04. The normalized spacial score (nSPS) is 13.1. The molecule has 2 N–H and O–H groups in total. The Kier molecular flexibility index (Phi) is 12.4. The first-order valence-electron chi connectivity index (χ1n) is 8.31. The van der Waals surface area contributed by atoms with Gasteiger partial charge < -0.3 is 15.4 Å². The maximum atomic E-state index is 13.1. The highest BCUT2D eigenvalue weighted by Gasteiger charge is 2.28. The Morgan fingerprint density at radius 1 is 1.30 bits per heavy atom. The SMILES string of the molecule is CN=C(NCCCN(C)CC(F)(F)F)NCC(C)Oc1cccc(F)c1.I. The molecule has 0 heterocycles. The number of guanidine groups is 1. The third-order valence-electron chi connectivity index (χ3n) is 3.37. The van der Waals surface area contributed by atoms with Gasteiger partial charge in [-0.15, -0.1) is 24.0 Å². The molecule has 0 saturated heterocycles. The number of hydrogen-bond donors (Lipinski definition) is 2. The molecule has 27 heavy (non-hydrogen) atoms. The molecular weight excluding hydrogens is 479 g/mol. The van der Waals surface area contributed by atoms with E-state index in [9.17, 15) is 17.6 Å². The average molecular weight is 506 g/mol. The van der Waals surface area contributed by atoms with Crippen LogP contribution in [0.1, 0.15) is 13.3 Å². The van der Waals surface area contributed by atoms with E-state index < -0.39 is 12.7 Å². The Morgan fingerprint density at radius 2 is 2.00 bits per heavy atom. The van der Waals surface area contributed by atoms with E-state index in [0.29, 0.717) is 37.8 Å². The van der Waals surface area contributed by atoms with Crippen LogP contribution in [0.3, 0.4) is 0 Å². The van der Waals surface area contributed by atoms with E-state index >= 15 is 0 Å². The zero-order chi connectivity index (χ0) is 19.6. The summed E-state index contributed by atoms with van der Waals surface area (Å²) in [6, 6.07) is 5.89. The van der Waals surface area contributed by atoms with Crippen molar-refractivity contribution in [2.45, 2.75) is 25.6 Å². The topological polar surface area (TPSA) is 48.9 Å². The Morgan fingerprint density at radius 3 is 2.59 bits per heavy atom. The van der Waals surface area contributed by atoms with Crippen molar-refractivity contribution in [1.82, 2.24) is 15.5 Å². The maximum absolute atomic E-state index is 13.1. The van der Waals surface area contributed by atoms with Crippen LogP contribution >= 0.6 is 24.0 Å². The van der Waals surface area contributed by atoms with E-state index in [0.717, 1.165) is 0 Å². The van der Waals surface area contributed by atoms with E-state index in [-0.39, 0.29) is 35.9 Å². The van der Waals surface area contributed by atoms with Gasteiger partial charge in [0.05, 0.1) is 13.1 Å². The number of nitrogens with one attached hydrogen (secondary N) is 2. The first-order chi connectivity index (χ1) is 12.2. The van der Waals surface area contributed by atoms with Gasteiger partial charge in [0, 0.05) is 19.7 Å². The summed E-state index contributed by atoms with van der Waals surface area (Å²) in [5.74, 6) is 0.601. The van der Waals surface area contributed by atoms with Gasteiger partial charge in [0.15, 0.2) is 5.96 Å². The van der Waals surface area contributed by atoms with Crippen LogP contribution in [0.4, 0.5) is 17.6 Å². The lowest BCUT2D eigenvalue weighted by Crippen LogP contribution is -2.42. The van der Waals surface area contributed by atoms with E-state index in [1.165, 1.54) is 24.1 Å². The number of nitrogens with zero attached hydrogens (tertiary/aromatic N) is 2. The number of hydrogen-bond acceptors (Lipinski definition) is 3.